The van der Waals surface area contributed by atoms with Gasteiger partial charge < -0.3 is 4.74 Å². The summed E-state index contributed by atoms with van der Waals surface area (Å²) < 4.78 is 6.44. The number of rotatable bonds is 3. The average Bonchev–Trinajstić information content (AvgIpc) is 2.64. The van der Waals surface area contributed by atoms with Crippen molar-refractivity contribution in [2.75, 3.05) is 20.2 Å². The first kappa shape index (κ1) is 12.2. The molecule has 1 aliphatic rings. The molecule has 4 heteroatoms. The maximum atomic E-state index is 6.10. The lowest BCUT2D eigenvalue weighted by Gasteiger charge is -2.17. The van der Waals surface area contributed by atoms with Gasteiger partial charge in [-0.25, -0.2) is 0 Å². The number of alkyl halides is 1. The van der Waals surface area contributed by atoms with Gasteiger partial charge in [0.05, 0.1) is 7.11 Å². The first-order chi connectivity index (χ1) is 7.69. The molecule has 1 unspecified atom stereocenters. The van der Waals surface area contributed by atoms with Gasteiger partial charge in [0.1, 0.15) is 5.75 Å². The number of hydrogen-bond acceptors (Lipinski definition) is 2. The van der Waals surface area contributed by atoms with Gasteiger partial charge in [0.2, 0.25) is 0 Å². The molecule has 0 amide bonds. The molecule has 0 N–H and O–H groups in total. The van der Waals surface area contributed by atoms with Crippen LogP contribution < -0.4 is 4.74 Å². The SMILES string of the molecule is COc1ccc(Br)cc1CN1CCC(Cl)C1. The second-order valence-electron chi connectivity index (χ2n) is 4.08. The predicted molar refractivity (Wildman–Crippen MR) is 70.2 cm³/mol. The van der Waals surface area contributed by atoms with E-state index in [1.165, 1.54) is 5.56 Å². The molecule has 0 saturated carbocycles. The molecule has 1 aromatic carbocycles. The van der Waals surface area contributed by atoms with E-state index in [4.69, 9.17) is 16.3 Å². The van der Waals surface area contributed by atoms with Crippen LogP contribution >= 0.6 is 27.5 Å². The van der Waals surface area contributed by atoms with Crippen molar-refractivity contribution in [1.82, 2.24) is 4.90 Å². The highest BCUT2D eigenvalue weighted by Crippen LogP contribution is 2.26. The van der Waals surface area contributed by atoms with Gasteiger partial charge in [-0.1, -0.05) is 15.9 Å². The Kier molecular flexibility index (Phi) is 4.11. The Morgan fingerprint density at radius 3 is 3.00 bits per heavy atom. The van der Waals surface area contributed by atoms with Gasteiger partial charge in [-0.15, -0.1) is 11.6 Å². The summed E-state index contributed by atoms with van der Waals surface area (Å²) in [6.07, 6.45) is 1.08. The van der Waals surface area contributed by atoms with Crippen LogP contribution in [0.2, 0.25) is 0 Å². The lowest BCUT2D eigenvalue weighted by atomic mass is 10.2. The molecule has 1 fully saturated rings. The molecule has 0 aliphatic carbocycles. The van der Waals surface area contributed by atoms with E-state index in [1.807, 2.05) is 12.1 Å². The number of likely N-dealkylation sites (tertiary alicyclic amines) is 1. The lowest BCUT2D eigenvalue weighted by Crippen LogP contribution is -2.20. The van der Waals surface area contributed by atoms with Gasteiger partial charge in [-0.3, -0.25) is 4.90 Å². The van der Waals surface area contributed by atoms with Crippen molar-refractivity contribution < 1.29 is 4.74 Å². The maximum absolute atomic E-state index is 6.10. The van der Waals surface area contributed by atoms with Crippen LogP contribution in [0.3, 0.4) is 0 Å². The van der Waals surface area contributed by atoms with Crippen molar-refractivity contribution in [1.29, 1.82) is 0 Å². The summed E-state index contributed by atoms with van der Waals surface area (Å²) in [7, 11) is 1.71. The van der Waals surface area contributed by atoms with Crippen LogP contribution in [0.5, 0.6) is 5.75 Å². The first-order valence-electron chi connectivity index (χ1n) is 5.38. The Hall–Kier alpha value is -0.250. The molecule has 1 aromatic rings. The van der Waals surface area contributed by atoms with Gasteiger partial charge in [0.15, 0.2) is 0 Å². The summed E-state index contributed by atoms with van der Waals surface area (Å²) in [6.45, 7) is 2.95. The zero-order chi connectivity index (χ0) is 11.5. The van der Waals surface area contributed by atoms with Crippen molar-refractivity contribution in [2.24, 2.45) is 0 Å². The first-order valence-corrected chi connectivity index (χ1v) is 6.61. The third kappa shape index (κ3) is 2.90. The summed E-state index contributed by atoms with van der Waals surface area (Å²) in [5.74, 6) is 0.946. The molecule has 0 spiro atoms. The Balaban J connectivity index is 2.10. The molecular formula is C12H15BrClNO. The predicted octanol–water partition coefficient (Wildman–Crippen LogP) is 3.27. The number of benzene rings is 1. The molecule has 1 heterocycles. The van der Waals surface area contributed by atoms with Crippen molar-refractivity contribution in [2.45, 2.75) is 18.3 Å². The highest BCUT2D eigenvalue weighted by Gasteiger charge is 2.21. The zero-order valence-corrected chi connectivity index (χ0v) is 11.6. The number of nitrogens with zero attached hydrogens (tertiary/aromatic N) is 1. The average molecular weight is 305 g/mol. The van der Waals surface area contributed by atoms with E-state index in [0.717, 1.165) is 36.3 Å². The maximum Gasteiger partial charge on any atom is 0.123 e. The second kappa shape index (κ2) is 5.39. The van der Waals surface area contributed by atoms with Crippen molar-refractivity contribution in [3.05, 3.63) is 28.2 Å². The highest BCUT2D eigenvalue weighted by molar-refractivity contribution is 9.10. The number of methoxy groups -OCH3 is 1. The quantitative estimate of drug-likeness (QED) is 0.795. The fourth-order valence-electron chi connectivity index (χ4n) is 2.04. The van der Waals surface area contributed by atoms with Crippen LogP contribution in [0.25, 0.3) is 0 Å². The Morgan fingerprint density at radius 2 is 2.38 bits per heavy atom. The molecule has 2 rings (SSSR count). The Bertz CT molecular complexity index is 372. The van der Waals surface area contributed by atoms with Gasteiger partial charge in [-0.2, -0.15) is 0 Å². The fraction of sp³-hybridized carbons (Fsp3) is 0.500. The minimum Gasteiger partial charge on any atom is -0.496 e. The van der Waals surface area contributed by atoms with Gasteiger partial charge in [0.25, 0.3) is 0 Å². The zero-order valence-electron chi connectivity index (χ0n) is 9.25. The second-order valence-corrected chi connectivity index (χ2v) is 5.61. The van der Waals surface area contributed by atoms with Crippen LogP contribution in [0.1, 0.15) is 12.0 Å². The summed E-state index contributed by atoms with van der Waals surface area (Å²) in [5, 5.41) is 0.304. The van der Waals surface area contributed by atoms with Gasteiger partial charge in [0, 0.05) is 28.5 Å². The minimum atomic E-state index is 0.304. The van der Waals surface area contributed by atoms with Crippen LogP contribution in [0.15, 0.2) is 22.7 Å². The van der Waals surface area contributed by atoms with Crippen molar-refractivity contribution in [3.8, 4) is 5.75 Å². The van der Waals surface area contributed by atoms with E-state index in [1.54, 1.807) is 7.11 Å². The summed E-state index contributed by atoms with van der Waals surface area (Å²) in [6, 6.07) is 6.10. The lowest BCUT2D eigenvalue weighted by molar-refractivity contribution is 0.321. The molecule has 2 nitrogen and oxygen atoms in total. The Morgan fingerprint density at radius 1 is 1.56 bits per heavy atom. The highest BCUT2D eigenvalue weighted by atomic mass is 79.9. The van der Waals surface area contributed by atoms with E-state index >= 15 is 0 Å². The van der Waals surface area contributed by atoms with Crippen LogP contribution in [-0.4, -0.2) is 30.5 Å². The third-order valence-electron chi connectivity index (χ3n) is 2.85. The van der Waals surface area contributed by atoms with Gasteiger partial charge >= 0.3 is 0 Å². The third-order valence-corrected chi connectivity index (χ3v) is 3.70. The smallest absolute Gasteiger partial charge is 0.123 e. The molecule has 16 heavy (non-hydrogen) atoms. The van der Waals surface area contributed by atoms with Gasteiger partial charge in [-0.05, 0) is 31.2 Å². The number of hydrogen-bond donors (Lipinski definition) is 0. The number of ether oxygens (including phenoxy) is 1. The van der Waals surface area contributed by atoms with Crippen molar-refractivity contribution in [3.63, 3.8) is 0 Å². The van der Waals surface area contributed by atoms with Crippen LogP contribution in [0.4, 0.5) is 0 Å². The number of halogens is 2. The molecule has 0 bridgehead atoms. The fourth-order valence-corrected chi connectivity index (χ4v) is 2.74. The normalized spacial score (nSPS) is 21.3. The summed E-state index contributed by atoms with van der Waals surface area (Å²) in [4.78, 5) is 2.36. The van der Waals surface area contributed by atoms with E-state index in [9.17, 15) is 0 Å². The largest absolute Gasteiger partial charge is 0.496 e. The van der Waals surface area contributed by atoms with Crippen molar-refractivity contribution >= 4 is 27.5 Å². The molecule has 0 aromatic heterocycles. The monoisotopic (exact) mass is 303 g/mol. The van der Waals surface area contributed by atoms with E-state index in [-0.39, 0.29) is 0 Å². The molecule has 1 saturated heterocycles. The molecule has 0 radical (unpaired) electrons. The molecule has 1 aliphatic heterocycles. The van der Waals surface area contributed by atoms with Crippen LogP contribution in [-0.2, 0) is 6.54 Å². The standard InChI is InChI=1S/C12H15BrClNO/c1-16-12-3-2-10(13)6-9(12)7-15-5-4-11(14)8-15/h2-3,6,11H,4-5,7-8H2,1H3. The summed E-state index contributed by atoms with van der Waals surface area (Å²) in [5.41, 5.74) is 1.21. The van der Waals surface area contributed by atoms with E-state index in [2.05, 4.69) is 26.9 Å². The minimum absolute atomic E-state index is 0.304. The van der Waals surface area contributed by atoms with E-state index in [0.29, 0.717) is 5.38 Å². The topological polar surface area (TPSA) is 12.5 Å². The van der Waals surface area contributed by atoms with Crippen LogP contribution in [0, 0.1) is 0 Å². The molecular weight excluding hydrogens is 289 g/mol. The molecule has 88 valence electrons. The molecule has 1 atom stereocenters. The van der Waals surface area contributed by atoms with E-state index < -0.39 is 0 Å². The summed E-state index contributed by atoms with van der Waals surface area (Å²) >= 11 is 9.58. The Labute approximate surface area is 110 Å².